The zero-order valence-corrected chi connectivity index (χ0v) is 11.7. The summed E-state index contributed by atoms with van der Waals surface area (Å²) >= 11 is 0. The van der Waals surface area contributed by atoms with E-state index in [1.165, 1.54) is 0 Å². The third-order valence-electron chi connectivity index (χ3n) is 3.27. The van der Waals surface area contributed by atoms with E-state index in [0.717, 1.165) is 36.7 Å². The van der Waals surface area contributed by atoms with E-state index < -0.39 is 11.6 Å². The monoisotopic (exact) mass is 290 g/mol. The summed E-state index contributed by atoms with van der Waals surface area (Å²) in [5.74, 6) is 0.395. The van der Waals surface area contributed by atoms with Gasteiger partial charge in [0.1, 0.15) is 17.5 Å². The van der Waals surface area contributed by atoms with Crippen molar-refractivity contribution < 1.29 is 8.78 Å². The van der Waals surface area contributed by atoms with E-state index in [-0.39, 0.29) is 5.69 Å². The van der Waals surface area contributed by atoms with Crippen molar-refractivity contribution in [1.29, 1.82) is 0 Å². The zero-order valence-electron chi connectivity index (χ0n) is 11.7. The van der Waals surface area contributed by atoms with Crippen LogP contribution in [0.5, 0.6) is 0 Å². The lowest BCUT2D eigenvalue weighted by Gasteiger charge is -2.11. The minimum absolute atomic E-state index is 0.0675. The van der Waals surface area contributed by atoms with Crippen LogP contribution in [0.1, 0.15) is 31.4 Å². The lowest BCUT2D eigenvalue weighted by molar-refractivity contribution is 0.603. The fourth-order valence-corrected chi connectivity index (χ4v) is 2.09. The normalized spacial score (nSPS) is 14.0. The van der Waals surface area contributed by atoms with Gasteiger partial charge in [-0.15, -0.1) is 0 Å². The second-order valence-electron chi connectivity index (χ2n) is 5.06. The number of hydrogen-bond acceptors (Lipinski definition) is 4. The summed E-state index contributed by atoms with van der Waals surface area (Å²) in [4.78, 5) is 8.71. The van der Waals surface area contributed by atoms with Crippen molar-refractivity contribution in [2.45, 2.75) is 25.7 Å². The molecular formula is C15H16F2N4. The van der Waals surface area contributed by atoms with Crippen LogP contribution >= 0.6 is 0 Å². The van der Waals surface area contributed by atoms with Crippen molar-refractivity contribution in [1.82, 2.24) is 9.97 Å². The molecule has 2 N–H and O–H groups in total. The van der Waals surface area contributed by atoms with Crippen LogP contribution in [0.4, 0.5) is 26.2 Å². The summed E-state index contributed by atoms with van der Waals surface area (Å²) in [5, 5.41) is 5.88. The number of nitrogens with one attached hydrogen (secondary N) is 2. The first-order valence-electron chi connectivity index (χ1n) is 7.00. The van der Waals surface area contributed by atoms with Crippen molar-refractivity contribution in [3.8, 4) is 0 Å². The first-order valence-corrected chi connectivity index (χ1v) is 7.00. The van der Waals surface area contributed by atoms with Crippen LogP contribution in [0.3, 0.4) is 0 Å². The molecule has 0 unspecified atom stereocenters. The fourth-order valence-electron chi connectivity index (χ4n) is 2.09. The molecule has 3 rings (SSSR count). The molecule has 4 nitrogen and oxygen atoms in total. The molecule has 1 fully saturated rings. The standard InChI is InChI=1S/C15H16F2N4/c1-2-18-15-20-12(9-3-4-9)8-14(21-15)19-13-7-10(16)5-6-11(13)17/h5-9H,2-4H2,1H3,(H2,18,19,20,21). The molecule has 1 aromatic heterocycles. The van der Waals surface area contributed by atoms with Gasteiger partial charge in [-0.3, -0.25) is 0 Å². The zero-order chi connectivity index (χ0) is 14.8. The minimum atomic E-state index is -0.520. The predicted molar refractivity (Wildman–Crippen MR) is 77.8 cm³/mol. The number of halogens is 2. The number of nitrogens with zero attached hydrogens (tertiary/aromatic N) is 2. The van der Waals surface area contributed by atoms with E-state index in [9.17, 15) is 8.78 Å². The highest BCUT2D eigenvalue weighted by Gasteiger charge is 2.26. The Balaban J connectivity index is 1.91. The third kappa shape index (κ3) is 3.26. The largest absolute Gasteiger partial charge is 0.354 e. The third-order valence-corrected chi connectivity index (χ3v) is 3.27. The van der Waals surface area contributed by atoms with E-state index in [0.29, 0.717) is 24.2 Å². The second-order valence-corrected chi connectivity index (χ2v) is 5.06. The van der Waals surface area contributed by atoms with E-state index in [4.69, 9.17) is 0 Å². The summed E-state index contributed by atoms with van der Waals surface area (Å²) < 4.78 is 26.9. The van der Waals surface area contributed by atoms with Gasteiger partial charge in [-0.2, -0.15) is 4.98 Å². The van der Waals surface area contributed by atoms with Crippen LogP contribution in [-0.2, 0) is 0 Å². The Hall–Kier alpha value is -2.24. The molecule has 2 aromatic rings. The Morgan fingerprint density at radius 2 is 2.00 bits per heavy atom. The molecule has 1 saturated carbocycles. The van der Waals surface area contributed by atoms with Crippen LogP contribution in [0, 0.1) is 11.6 Å². The van der Waals surface area contributed by atoms with Crippen molar-refractivity contribution in [2.24, 2.45) is 0 Å². The van der Waals surface area contributed by atoms with E-state index in [2.05, 4.69) is 20.6 Å². The maximum absolute atomic E-state index is 13.7. The average molecular weight is 290 g/mol. The van der Waals surface area contributed by atoms with E-state index in [1.54, 1.807) is 6.07 Å². The summed E-state index contributed by atoms with van der Waals surface area (Å²) in [6, 6.07) is 5.08. The Kier molecular flexibility index (Phi) is 3.68. The summed E-state index contributed by atoms with van der Waals surface area (Å²) in [6.07, 6.45) is 2.21. The van der Waals surface area contributed by atoms with Crippen LogP contribution < -0.4 is 10.6 Å². The highest BCUT2D eigenvalue weighted by molar-refractivity contribution is 5.58. The van der Waals surface area contributed by atoms with Gasteiger partial charge in [-0.1, -0.05) is 0 Å². The van der Waals surface area contributed by atoms with Crippen molar-refractivity contribution in [3.05, 3.63) is 41.6 Å². The van der Waals surface area contributed by atoms with Gasteiger partial charge in [-0.25, -0.2) is 13.8 Å². The lowest BCUT2D eigenvalue weighted by Crippen LogP contribution is -2.06. The topological polar surface area (TPSA) is 49.8 Å². The van der Waals surface area contributed by atoms with Crippen molar-refractivity contribution >= 4 is 17.5 Å². The quantitative estimate of drug-likeness (QED) is 0.879. The molecule has 21 heavy (non-hydrogen) atoms. The number of benzene rings is 1. The Morgan fingerprint density at radius 1 is 1.19 bits per heavy atom. The number of hydrogen-bond donors (Lipinski definition) is 2. The van der Waals surface area contributed by atoms with Gasteiger partial charge in [0, 0.05) is 24.6 Å². The highest BCUT2D eigenvalue weighted by Crippen LogP contribution is 2.40. The first kappa shape index (κ1) is 13.7. The number of aromatic nitrogens is 2. The number of anilines is 3. The van der Waals surface area contributed by atoms with Gasteiger partial charge in [0.2, 0.25) is 5.95 Å². The highest BCUT2D eigenvalue weighted by atomic mass is 19.1. The van der Waals surface area contributed by atoms with Gasteiger partial charge in [0.05, 0.1) is 11.4 Å². The molecule has 6 heteroatoms. The minimum Gasteiger partial charge on any atom is -0.354 e. The molecule has 0 atom stereocenters. The molecule has 0 amide bonds. The van der Waals surface area contributed by atoms with Crippen molar-refractivity contribution in [2.75, 3.05) is 17.2 Å². The van der Waals surface area contributed by atoms with Crippen LogP contribution in [0.2, 0.25) is 0 Å². The summed E-state index contributed by atoms with van der Waals surface area (Å²) in [6.45, 7) is 2.65. The molecule has 1 heterocycles. The Bertz CT molecular complexity index is 656. The lowest BCUT2D eigenvalue weighted by atomic mass is 10.2. The number of rotatable bonds is 5. The predicted octanol–water partition coefficient (Wildman–Crippen LogP) is 3.81. The van der Waals surface area contributed by atoms with E-state index in [1.807, 2.05) is 6.92 Å². The Morgan fingerprint density at radius 3 is 2.71 bits per heavy atom. The molecule has 1 aliphatic carbocycles. The van der Waals surface area contributed by atoms with Gasteiger partial charge < -0.3 is 10.6 Å². The van der Waals surface area contributed by atoms with Crippen LogP contribution in [0.15, 0.2) is 24.3 Å². The molecule has 0 aliphatic heterocycles. The van der Waals surface area contributed by atoms with Gasteiger partial charge in [0.15, 0.2) is 0 Å². The molecule has 0 spiro atoms. The Labute approximate surface area is 121 Å². The van der Waals surface area contributed by atoms with Crippen LogP contribution in [-0.4, -0.2) is 16.5 Å². The van der Waals surface area contributed by atoms with Gasteiger partial charge >= 0.3 is 0 Å². The van der Waals surface area contributed by atoms with Gasteiger partial charge in [-0.05, 0) is 31.9 Å². The van der Waals surface area contributed by atoms with Crippen molar-refractivity contribution in [3.63, 3.8) is 0 Å². The average Bonchev–Trinajstić information content (AvgIpc) is 3.28. The SMILES string of the molecule is CCNc1nc(Nc2cc(F)ccc2F)cc(C2CC2)n1. The second kappa shape index (κ2) is 5.63. The molecule has 1 aliphatic rings. The van der Waals surface area contributed by atoms with Gasteiger partial charge in [0.25, 0.3) is 0 Å². The molecule has 0 bridgehead atoms. The summed E-state index contributed by atoms with van der Waals surface area (Å²) in [5.41, 5.74) is 0.998. The molecule has 0 saturated heterocycles. The molecular weight excluding hydrogens is 274 g/mol. The maximum atomic E-state index is 13.7. The maximum Gasteiger partial charge on any atom is 0.224 e. The molecule has 0 radical (unpaired) electrons. The molecule has 110 valence electrons. The fraction of sp³-hybridized carbons (Fsp3) is 0.333. The van der Waals surface area contributed by atoms with Crippen LogP contribution in [0.25, 0.3) is 0 Å². The summed E-state index contributed by atoms with van der Waals surface area (Å²) in [7, 11) is 0. The molecule has 1 aromatic carbocycles. The smallest absolute Gasteiger partial charge is 0.224 e. The first-order chi connectivity index (χ1) is 10.2. The van der Waals surface area contributed by atoms with E-state index >= 15 is 0 Å².